The Labute approximate surface area is 179 Å². The summed E-state index contributed by atoms with van der Waals surface area (Å²) in [5.41, 5.74) is 1.35. The number of methoxy groups -OCH3 is 1. The van der Waals surface area contributed by atoms with Crippen LogP contribution in [0.3, 0.4) is 0 Å². The molecule has 1 unspecified atom stereocenters. The number of anilines is 1. The van der Waals surface area contributed by atoms with Crippen molar-refractivity contribution in [3.63, 3.8) is 0 Å². The number of nitrogens with zero attached hydrogens (tertiary/aromatic N) is 1. The average molecular weight is 435 g/mol. The van der Waals surface area contributed by atoms with Crippen LogP contribution in [0, 0.1) is 23.0 Å². The lowest BCUT2D eigenvalue weighted by Crippen LogP contribution is -2.26. The van der Waals surface area contributed by atoms with Gasteiger partial charge in [0, 0.05) is 22.8 Å². The molecule has 0 fully saturated rings. The molecule has 2 aromatic carbocycles. The maximum absolute atomic E-state index is 12.6. The third-order valence-electron chi connectivity index (χ3n) is 4.49. The van der Waals surface area contributed by atoms with Crippen LogP contribution in [0.1, 0.15) is 30.9 Å². The molecule has 9 heteroatoms. The van der Waals surface area contributed by atoms with Gasteiger partial charge >= 0.3 is 11.7 Å². The molecule has 0 aliphatic rings. The number of esters is 1. The molecule has 160 valence electrons. The number of amides is 1. The first-order valence-corrected chi connectivity index (χ1v) is 9.56. The van der Waals surface area contributed by atoms with Gasteiger partial charge in [0.05, 0.1) is 18.0 Å². The SMILES string of the molecule is COc1cc(NC(=O)COC(=O)C(c2ccc(Cl)cc2)C(C)C)c(C)cc1[N+](=O)[O-]. The molecular formula is C21H23ClN2O6. The summed E-state index contributed by atoms with van der Waals surface area (Å²) in [6.45, 7) is 4.89. The van der Waals surface area contributed by atoms with Crippen molar-refractivity contribution in [1.29, 1.82) is 0 Å². The Hall–Kier alpha value is -3.13. The zero-order valence-corrected chi connectivity index (χ0v) is 17.9. The molecule has 0 saturated heterocycles. The number of nitro groups is 1. The minimum absolute atomic E-state index is 0.0144. The molecule has 0 spiro atoms. The highest BCUT2D eigenvalue weighted by Gasteiger charge is 2.26. The summed E-state index contributed by atoms with van der Waals surface area (Å²) < 4.78 is 10.2. The van der Waals surface area contributed by atoms with E-state index in [1.165, 1.54) is 19.2 Å². The van der Waals surface area contributed by atoms with Crippen molar-refractivity contribution in [2.45, 2.75) is 26.7 Å². The third-order valence-corrected chi connectivity index (χ3v) is 4.74. The van der Waals surface area contributed by atoms with E-state index in [0.717, 1.165) is 5.56 Å². The van der Waals surface area contributed by atoms with Crippen molar-refractivity contribution in [3.05, 3.63) is 62.7 Å². The molecule has 2 rings (SSSR count). The van der Waals surface area contributed by atoms with E-state index in [1.807, 2.05) is 13.8 Å². The van der Waals surface area contributed by atoms with Crippen LogP contribution in [0.25, 0.3) is 0 Å². The van der Waals surface area contributed by atoms with E-state index in [0.29, 0.717) is 16.3 Å². The number of ether oxygens (including phenoxy) is 2. The number of aryl methyl sites for hydroxylation is 1. The molecule has 0 heterocycles. The van der Waals surface area contributed by atoms with E-state index in [2.05, 4.69) is 5.32 Å². The average Bonchev–Trinajstić information content (AvgIpc) is 2.69. The van der Waals surface area contributed by atoms with Gasteiger partial charge in [0.1, 0.15) is 0 Å². The summed E-state index contributed by atoms with van der Waals surface area (Å²) in [6, 6.07) is 9.54. The number of nitro benzene ring substituents is 1. The van der Waals surface area contributed by atoms with Crippen molar-refractivity contribution in [3.8, 4) is 5.75 Å². The number of hydrogen-bond acceptors (Lipinski definition) is 6. The van der Waals surface area contributed by atoms with Crippen molar-refractivity contribution in [2.24, 2.45) is 5.92 Å². The lowest BCUT2D eigenvalue weighted by molar-refractivity contribution is -0.385. The second kappa shape index (κ2) is 10.1. The molecule has 8 nitrogen and oxygen atoms in total. The van der Waals surface area contributed by atoms with Crippen LogP contribution in [-0.4, -0.2) is 30.5 Å². The number of halogens is 1. The lowest BCUT2D eigenvalue weighted by atomic mass is 9.88. The Morgan fingerprint density at radius 2 is 1.83 bits per heavy atom. The maximum atomic E-state index is 12.6. The van der Waals surface area contributed by atoms with E-state index < -0.39 is 29.3 Å². The number of benzene rings is 2. The first-order chi connectivity index (χ1) is 14.1. The van der Waals surface area contributed by atoms with Crippen molar-refractivity contribution in [2.75, 3.05) is 19.0 Å². The molecule has 0 aliphatic carbocycles. The van der Waals surface area contributed by atoms with Crippen LogP contribution in [0.2, 0.25) is 5.02 Å². The molecule has 0 aliphatic heterocycles. The predicted octanol–water partition coefficient (Wildman–Crippen LogP) is 4.49. The zero-order chi connectivity index (χ0) is 22.4. The molecule has 0 aromatic heterocycles. The van der Waals surface area contributed by atoms with E-state index in [9.17, 15) is 19.7 Å². The van der Waals surface area contributed by atoms with E-state index in [1.54, 1.807) is 31.2 Å². The summed E-state index contributed by atoms with van der Waals surface area (Å²) in [5, 5.41) is 14.2. The molecule has 1 N–H and O–H groups in total. The third kappa shape index (κ3) is 5.70. The fraction of sp³-hybridized carbons (Fsp3) is 0.333. The summed E-state index contributed by atoms with van der Waals surface area (Å²) in [5.74, 6) is -1.68. The van der Waals surface area contributed by atoms with Gasteiger partial charge in [-0.15, -0.1) is 0 Å². The van der Waals surface area contributed by atoms with E-state index >= 15 is 0 Å². The highest BCUT2D eigenvalue weighted by atomic mass is 35.5. The van der Waals surface area contributed by atoms with Crippen LogP contribution in [0.4, 0.5) is 11.4 Å². The van der Waals surface area contributed by atoms with Gasteiger partial charge in [0.2, 0.25) is 0 Å². The second-order valence-corrected chi connectivity index (χ2v) is 7.46. The normalized spacial score (nSPS) is 11.7. The quantitative estimate of drug-likeness (QED) is 0.372. The number of carbonyl (C=O) groups excluding carboxylic acids is 2. The Morgan fingerprint density at radius 1 is 1.20 bits per heavy atom. The number of nitrogens with one attached hydrogen (secondary N) is 1. The number of carbonyl (C=O) groups is 2. The summed E-state index contributed by atoms with van der Waals surface area (Å²) >= 11 is 5.90. The highest BCUT2D eigenvalue weighted by molar-refractivity contribution is 6.30. The minimum atomic E-state index is -0.569. The molecule has 0 radical (unpaired) electrons. The van der Waals surface area contributed by atoms with E-state index in [-0.39, 0.29) is 17.4 Å². The summed E-state index contributed by atoms with van der Waals surface area (Å²) in [4.78, 5) is 35.4. The van der Waals surface area contributed by atoms with Gasteiger partial charge in [-0.05, 0) is 36.1 Å². The van der Waals surface area contributed by atoms with Crippen molar-refractivity contribution >= 4 is 34.9 Å². The molecule has 0 bridgehead atoms. The Morgan fingerprint density at radius 3 is 2.37 bits per heavy atom. The Balaban J connectivity index is 2.07. The first kappa shape index (κ1) is 23.2. The molecular weight excluding hydrogens is 412 g/mol. The maximum Gasteiger partial charge on any atom is 0.314 e. The van der Waals surface area contributed by atoms with Crippen molar-refractivity contribution in [1.82, 2.24) is 0 Å². The van der Waals surface area contributed by atoms with Gasteiger partial charge in [0.15, 0.2) is 12.4 Å². The van der Waals surface area contributed by atoms with Crippen LogP contribution < -0.4 is 10.1 Å². The lowest BCUT2D eigenvalue weighted by Gasteiger charge is -2.20. The Kier molecular flexibility index (Phi) is 7.77. The second-order valence-electron chi connectivity index (χ2n) is 7.03. The van der Waals surface area contributed by atoms with Gasteiger partial charge < -0.3 is 14.8 Å². The molecule has 0 saturated carbocycles. The largest absolute Gasteiger partial charge is 0.490 e. The van der Waals surface area contributed by atoms with Gasteiger partial charge in [0.25, 0.3) is 5.91 Å². The summed E-state index contributed by atoms with van der Waals surface area (Å²) in [6.07, 6.45) is 0. The van der Waals surface area contributed by atoms with Gasteiger partial charge in [-0.1, -0.05) is 37.6 Å². The molecule has 1 amide bonds. The van der Waals surface area contributed by atoms with Crippen LogP contribution in [0.5, 0.6) is 5.75 Å². The van der Waals surface area contributed by atoms with Crippen LogP contribution in [-0.2, 0) is 14.3 Å². The fourth-order valence-electron chi connectivity index (χ4n) is 2.99. The number of rotatable bonds is 8. The van der Waals surface area contributed by atoms with Crippen LogP contribution in [0.15, 0.2) is 36.4 Å². The minimum Gasteiger partial charge on any atom is -0.490 e. The molecule has 2 aromatic rings. The van der Waals surface area contributed by atoms with Crippen LogP contribution >= 0.6 is 11.6 Å². The van der Waals surface area contributed by atoms with E-state index in [4.69, 9.17) is 21.1 Å². The smallest absolute Gasteiger partial charge is 0.314 e. The summed E-state index contributed by atoms with van der Waals surface area (Å²) in [7, 11) is 1.30. The molecule has 30 heavy (non-hydrogen) atoms. The predicted molar refractivity (Wildman–Crippen MR) is 113 cm³/mol. The molecule has 1 atom stereocenters. The van der Waals surface area contributed by atoms with Gasteiger partial charge in [-0.2, -0.15) is 0 Å². The first-order valence-electron chi connectivity index (χ1n) is 9.19. The number of hydrogen-bond donors (Lipinski definition) is 1. The monoisotopic (exact) mass is 434 g/mol. The fourth-order valence-corrected chi connectivity index (χ4v) is 3.12. The topological polar surface area (TPSA) is 108 Å². The standard InChI is InChI=1S/C21H23ClN2O6/c1-12(2)20(14-5-7-15(22)8-6-14)21(26)30-11-19(25)23-16-10-18(29-4)17(24(27)28)9-13(16)3/h5-10,12,20H,11H2,1-4H3,(H,23,25). The highest BCUT2D eigenvalue weighted by Crippen LogP contribution is 2.33. The van der Waals surface area contributed by atoms with Crippen molar-refractivity contribution < 1.29 is 24.0 Å². The van der Waals surface area contributed by atoms with Gasteiger partial charge in [-0.25, -0.2) is 0 Å². The zero-order valence-electron chi connectivity index (χ0n) is 17.1. The Bertz CT molecular complexity index is 943. The van der Waals surface area contributed by atoms with Gasteiger partial charge in [-0.3, -0.25) is 19.7 Å².